The molecule has 1 aliphatic carbocycles. The number of nitrogens with zero attached hydrogens (tertiary/aromatic N) is 4. The van der Waals surface area contributed by atoms with Crippen molar-refractivity contribution in [2.24, 2.45) is 5.92 Å². The van der Waals surface area contributed by atoms with Crippen molar-refractivity contribution in [2.75, 3.05) is 5.32 Å². The van der Waals surface area contributed by atoms with Crippen molar-refractivity contribution in [3.05, 3.63) is 83.0 Å². The van der Waals surface area contributed by atoms with Gasteiger partial charge in [0.25, 0.3) is 0 Å². The lowest BCUT2D eigenvalue weighted by Gasteiger charge is -2.25. The highest BCUT2D eigenvalue weighted by Crippen LogP contribution is 2.29. The normalized spacial score (nSPS) is 17.7. The Morgan fingerprint density at radius 1 is 1.08 bits per heavy atom. The Kier molecular flexibility index (Phi) is 7.06. The molecule has 4 aromatic rings. The standard InChI is InChI=1S/C27H26ClN5O3/c28-20-5-1-17(2-6-20)11-25(35)32-24-12-19(9-10-30-24)26(36)23-15-33(27-22(23)13-29-16-31-27)14-18-3-7-21(34)8-4-18/h1-2,5-6,9-10,12-13,15-16,18,21,34H,3-4,7-8,11,14H2,(H,30,32,35). The maximum Gasteiger partial charge on any atom is 0.229 e. The number of pyridine rings is 1. The highest BCUT2D eigenvalue weighted by Gasteiger charge is 2.23. The molecule has 0 atom stereocenters. The van der Waals surface area contributed by atoms with Gasteiger partial charge in [0.15, 0.2) is 5.78 Å². The van der Waals surface area contributed by atoms with Gasteiger partial charge in [0.2, 0.25) is 5.91 Å². The average molecular weight is 504 g/mol. The lowest BCUT2D eigenvalue weighted by Crippen LogP contribution is -2.21. The molecular weight excluding hydrogens is 478 g/mol. The molecule has 36 heavy (non-hydrogen) atoms. The molecule has 5 rings (SSSR count). The van der Waals surface area contributed by atoms with Crippen LogP contribution in [0.25, 0.3) is 11.0 Å². The van der Waals surface area contributed by atoms with E-state index in [1.54, 1.807) is 42.6 Å². The largest absolute Gasteiger partial charge is 0.393 e. The summed E-state index contributed by atoms with van der Waals surface area (Å²) in [5, 5.41) is 13.9. The van der Waals surface area contributed by atoms with Crippen molar-refractivity contribution in [1.29, 1.82) is 0 Å². The number of anilines is 1. The van der Waals surface area contributed by atoms with Gasteiger partial charge in [-0.05, 0) is 61.4 Å². The fraction of sp³-hybridized carbons (Fsp3) is 0.296. The molecular formula is C27H26ClN5O3. The van der Waals surface area contributed by atoms with Crippen LogP contribution in [-0.2, 0) is 17.8 Å². The third-order valence-electron chi connectivity index (χ3n) is 6.62. The van der Waals surface area contributed by atoms with E-state index < -0.39 is 0 Å². The second kappa shape index (κ2) is 10.6. The molecule has 0 aliphatic heterocycles. The van der Waals surface area contributed by atoms with Crippen molar-refractivity contribution in [3.8, 4) is 0 Å². The van der Waals surface area contributed by atoms with Crippen molar-refractivity contribution >= 4 is 40.1 Å². The number of carbonyl (C=O) groups excluding carboxylic acids is 2. The lowest BCUT2D eigenvalue weighted by atomic mass is 9.87. The van der Waals surface area contributed by atoms with Gasteiger partial charge in [-0.2, -0.15) is 0 Å². The number of hydrogen-bond donors (Lipinski definition) is 2. The summed E-state index contributed by atoms with van der Waals surface area (Å²) in [6, 6.07) is 10.3. The first-order valence-corrected chi connectivity index (χ1v) is 12.4. The van der Waals surface area contributed by atoms with Gasteiger partial charge in [0, 0.05) is 41.1 Å². The SMILES string of the molecule is O=C(Cc1ccc(Cl)cc1)Nc1cc(C(=O)c2cn(CC3CCC(O)CC3)c3ncncc23)ccn1. The van der Waals surface area contributed by atoms with Gasteiger partial charge in [-0.3, -0.25) is 9.59 Å². The highest BCUT2D eigenvalue weighted by molar-refractivity contribution is 6.30. The number of aliphatic hydroxyl groups excluding tert-OH is 1. The summed E-state index contributed by atoms with van der Waals surface area (Å²) in [7, 11) is 0. The lowest BCUT2D eigenvalue weighted by molar-refractivity contribution is -0.115. The highest BCUT2D eigenvalue weighted by atomic mass is 35.5. The van der Waals surface area contributed by atoms with E-state index in [1.807, 2.05) is 10.8 Å². The van der Waals surface area contributed by atoms with E-state index in [-0.39, 0.29) is 24.2 Å². The van der Waals surface area contributed by atoms with Crippen LogP contribution in [0.1, 0.15) is 47.2 Å². The Balaban J connectivity index is 1.34. The third kappa shape index (κ3) is 5.45. The number of aliphatic hydroxyl groups is 1. The summed E-state index contributed by atoms with van der Waals surface area (Å²) >= 11 is 5.91. The molecule has 9 heteroatoms. The van der Waals surface area contributed by atoms with Crippen LogP contribution in [0.2, 0.25) is 5.02 Å². The molecule has 8 nitrogen and oxygen atoms in total. The predicted octanol–water partition coefficient (Wildman–Crippen LogP) is 4.44. The Morgan fingerprint density at radius 3 is 2.64 bits per heavy atom. The summed E-state index contributed by atoms with van der Waals surface area (Å²) in [6.45, 7) is 0.732. The number of hydrogen-bond acceptors (Lipinski definition) is 6. The second-order valence-corrected chi connectivity index (χ2v) is 9.68. The van der Waals surface area contributed by atoms with Crippen LogP contribution in [0.5, 0.6) is 0 Å². The predicted molar refractivity (Wildman–Crippen MR) is 137 cm³/mol. The number of carbonyl (C=O) groups is 2. The van der Waals surface area contributed by atoms with Crippen LogP contribution in [-0.4, -0.2) is 42.4 Å². The monoisotopic (exact) mass is 503 g/mol. The molecule has 184 valence electrons. The van der Waals surface area contributed by atoms with Gasteiger partial charge in [0.1, 0.15) is 17.8 Å². The molecule has 0 radical (unpaired) electrons. The molecule has 0 saturated heterocycles. The molecule has 2 N–H and O–H groups in total. The summed E-state index contributed by atoms with van der Waals surface area (Å²) in [5.74, 6) is 0.297. The molecule has 3 aromatic heterocycles. The van der Waals surface area contributed by atoms with Crippen LogP contribution in [0.4, 0.5) is 5.82 Å². The van der Waals surface area contributed by atoms with Gasteiger partial charge in [-0.25, -0.2) is 15.0 Å². The minimum Gasteiger partial charge on any atom is -0.393 e. The van der Waals surface area contributed by atoms with Crippen molar-refractivity contribution < 1.29 is 14.7 Å². The van der Waals surface area contributed by atoms with E-state index in [2.05, 4.69) is 20.3 Å². The summed E-state index contributed by atoms with van der Waals surface area (Å²) in [6.07, 6.45) is 9.93. The molecule has 0 bridgehead atoms. The van der Waals surface area contributed by atoms with Gasteiger partial charge in [-0.15, -0.1) is 0 Å². The molecule has 1 aromatic carbocycles. The number of fused-ring (bicyclic) bond motifs is 1. The third-order valence-corrected chi connectivity index (χ3v) is 6.87. The maximum absolute atomic E-state index is 13.5. The Bertz CT molecular complexity index is 1390. The Labute approximate surface area is 213 Å². The number of ketones is 1. The zero-order valence-corrected chi connectivity index (χ0v) is 20.4. The molecule has 0 unspecified atom stereocenters. The van der Waals surface area contributed by atoms with Crippen LogP contribution < -0.4 is 5.32 Å². The first kappa shape index (κ1) is 24.1. The fourth-order valence-electron chi connectivity index (χ4n) is 4.72. The van der Waals surface area contributed by atoms with Crippen molar-refractivity contribution in [3.63, 3.8) is 0 Å². The number of amides is 1. The Hall–Kier alpha value is -3.62. The first-order valence-electron chi connectivity index (χ1n) is 12.0. The minimum atomic E-state index is -0.239. The fourth-order valence-corrected chi connectivity index (χ4v) is 4.85. The number of aromatic nitrogens is 4. The molecule has 1 aliphatic rings. The minimum absolute atomic E-state index is 0.167. The molecule has 1 amide bonds. The average Bonchev–Trinajstić information content (AvgIpc) is 3.25. The van der Waals surface area contributed by atoms with Gasteiger partial charge in [0.05, 0.1) is 18.1 Å². The molecule has 0 spiro atoms. The topological polar surface area (TPSA) is 110 Å². The van der Waals surface area contributed by atoms with Crippen molar-refractivity contribution in [1.82, 2.24) is 19.5 Å². The Morgan fingerprint density at radius 2 is 1.86 bits per heavy atom. The van der Waals surface area contributed by atoms with E-state index in [0.29, 0.717) is 38.9 Å². The number of halogens is 1. The maximum atomic E-state index is 13.5. The van der Waals surface area contributed by atoms with Crippen LogP contribution in [0.15, 0.2) is 61.3 Å². The summed E-state index contributed by atoms with van der Waals surface area (Å²) in [5.41, 5.74) is 2.45. The van der Waals surface area contributed by atoms with Crippen LogP contribution in [0.3, 0.4) is 0 Å². The molecule has 1 saturated carbocycles. The quantitative estimate of drug-likeness (QED) is 0.361. The zero-order chi connectivity index (χ0) is 25.1. The first-order chi connectivity index (χ1) is 17.5. The van der Waals surface area contributed by atoms with Gasteiger partial charge < -0.3 is 15.0 Å². The van der Waals surface area contributed by atoms with Crippen molar-refractivity contribution in [2.45, 2.75) is 44.8 Å². The van der Waals surface area contributed by atoms with E-state index in [1.165, 1.54) is 12.5 Å². The summed E-state index contributed by atoms with van der Waals surface area (Å²) < 4.78 is 2.02. The summed E-state index contributed by atoms with van der Waals surface area (Å²) in [4.78, 5) is 38.8. The number of nitrogens with one attached hydrogen (secondary N) is 1. The molecule has 1 fully saturated rings. The van der Waals surface area contributed by atoms with Gasteiger partial charge >= 0.3 is 0 Å². The van der Waals surface area contributed by atoms with Gasteiger partial charge in [-0.1, -0.05) is 23.7 Å². The van der Waals surface area contributed by atoms with E-state index in [0.717, 1.165) is 37.8 Å². The van der Waals surface area contributed by atoms with E-state index in [9.17, 15) is 14.7 Å². The van der Waals surface area contributed by atoms with Crippen LogP contribution in [0, 0.1) is 5.92 Å². The smallest absolute Gasteiger partial charge is 0.229 e. The second-order valence-electron chi connectivity index (χ2n) is 9.24. The number of rotatable bonds is 7. The van der Waals surface area contributed by atoms with E-state index >= 15 is 0 Å². The molecule has 3 heterocycles. The van der Waals surface area contributed by atoms with Crippen LogP contribution >= 0.6 is 11.6 Å². The zero-order valence-electron chi connectivity index (χ0n) is 19.6. The van der Waals surface area contributed by atoms with E-state index in [4.69, 9.17) is 11.6 Å². The number of benzene rings is 1.